The van der Waals surface area contributed by atoms with Crippen LogP contribution in [0.3, 0.4) is 0 Å². The van der Waals surface area contributed by atoms with E-state index in [9.17, 15) is 0 Å². The smallest absolute Gasteiger partial charge is 0.133 e. The lowest BCUT2D eigenvalue weighted by atomic mass is 10.0. The van der Waals surface area contributed by atoms with Crippen molar-refractivity contribution in [2.45, 2.75) is 12.5 Å². The topological polar surface area (TPSA) is 39.1 Å². The molecule has 0 fully saturated rings. The fourth-order valence-corrected chi connectivity index (χ4v) is 2.63. The third-order valence-corrected chi connectivity index (χ3v) is 3.73. The van der Waals surface area contributed by atoms with Gasteiger partial charge in [0.1, 0.15) is 5.75 Å². The van der Waals surface area contributed by atoms with Crippen molar-refractivity contribution in [3.63, 3.8) is 0 Å². The summed E-state index contributed by atoms with van der Waals surface area (Å²) in [7, 11) is 5.57. The molecule has 0 amide bonds. The molecule has 0 aliphatic rings. The molecular formula is C14H18BrN3O. The number of methoxy groups -OCH3 is 1. The Kier molecular flexibility index (Phi) is 4.61. The Morgan fingerprint density at radius 3 is 2.74 bits per heavy atom. The summed E-state index contributed by atoms with van der Waals surface area (Å²) in [5.41, 5.74) is 2.29. The molecule has 1 aromatic carbocycles. The van der Waals surface area contributed by atoms with E-state index in [1.807, 2.05) is 37.1 Å². The lowest BCUT2D eigenvalue weighted by Gasteiger charge is -2.16. The largest absolute Gasteiger partial charge is 0.496 e. The Balaban J connectivity index is 2.19. The number of hydrogen-bond donors (Lipinski definition) is 1. The van der Waals surface area contributed by atoms with Crippen LogP contribution in [0.4, 0.5) is 0 Å². The maximum absolute atomic E-state index is 5.25. The highest BCUT2D eigenvalue weighted by Gasteiger charge is 2.13. The maximum atomic E-state index is 5.25. The molecule has 19 heavy (non-hydrogen) atoms. The summed E-state index contributed by atoms with van der Waals surface area (Å²) in [6, 6.07) is 8.42. The second kappa shape index (κ2) is 6.21. The van der Waals surface area contributed by atoms with Gasteiger partial charge in [0, 0.05) is 25.7 Å². The number of hydrogen-bond acceptors (Lipinski definition) is 3. The quantitative estimate of drug-likeness (QED) is 0.919. The van der Waals surface area contributed by atoms with Crippen molar-refractivity contribution < 1.29 is 4.74 Å². The van der Waals surface area contributed by atoms with Gasteiger partial charge < -0.3 is 10.1 Å². The van der Waals surface area contributed by atoms with E-state index in [1.54, 1.807) is 7.11 Å². The first-order chi connectivity index (χ1) is 9.13. The van der Waals surface area contributed by atoms with Crippen molar-refractivity contribution in [3.8, 4) is 5.75 Å². The van der Waals surface area contributed by atoms with E-state index in [-0.39, 0.29) is 6.04 Å². The molecule has 1 atom stereocenters. The van der Waals surface area contributed by atoms with Crippen molar-refractivity contribution in [1.29, 1.82) is 0 Å². The van der Waals surface area contributed by atoms with Crippen molar-refractivity contribution >= 4 is 15.9 Å². The summed E-state index contributed by atoms with van der Waals surface area (Å²) in [4.78, 5) is 0. The van der Waals surface area contributed by atoms with Gasteiger partial charge in [-0.15, -0.1) is 0 Å². The number of benzene rings is 1. The zero-order valence-electron chi connectivity index (χ0n) is 11.4. The molecule has 0 bridgehead atoms. The predicted octanol–water partition coefficient (Wildman–Crippen LogP) is 2.69. The molecular weight excluding hydrogens is 306 g/mol. The number of likely N-dealkylation sites (N-methyl/N-ethyl adjacent to an activating group) is 1. The molecule has 2 aromatic rings. The zero-order chi connectivity index (χ0) is 13.8. The number of nitrogens with zero attached hydrogens (tertiary/aromatic N) is 2. The molecule has 1 N–H and O–H groups in total. The van der Waals surface area contributed by atoms with E-state index in [0.29, 0.717) is 0 Å². The minimum Gasteiger partial charge on any atom is -0.496 e. The molecule has 102 valence electrons. The Hall–Kier alpha value is -1.33. The first kappa shape index (κ1) is 14.1. The minimum atomic E-state index is 0.233. The molecule has 2 rings (SSSR count). The summed E-state index contributed by atoms with van der Waals surface area (Å²) >= 11 is 3.52. The molecule has 1 unspecified atom stereocenters. The molecule has 0 spiro atoms. The summed E-state index contributed by atoms with van der Waals surface area (Å²) in [5.74, 6) is 0.844. The normalized spacial score (nSPS) is 12.4. The first-order valence-electron chi connectivity index (χ1n) is 6.13. The van der Waals surface area contributed by atoms with Crippen LogP contribution in [0.15, 0.2) is 34.9 Å². The highest BCUT2D eigenvalue weighted by Crippen LogP contribution is 2.29. The van der Waals surface area contributed by atoms with Crippen molar-refractivity contribution in [1.82, 2.24) is 15.1 Å². The van der Waals surface area contributed by atoms with E-state index in [1.165, 1.54) is 5.56 Å². The summed E-state index contributed by atoms with van der Waals surface area (Å²) in [5, 5.41) is 7.75. The van der Waals surface area contributed by atoms with Gasteiger partial charge in [0.2, 0.25) is 0 Å². The average molecular weight is 324 g/mol. The lowest BCUT2D eigenvalue weighted by molar-refractivity contribution is 0.411. The van der Waals surface area contributed by atoms with Gasteiger partial charge in [-0.2, -0.15) is 5.10 Å². The number of ether oxygens (including phenoxy) is 1. The lowest BCUT2D eigenvalue weighted by Crippen LogP contribution is -2.19. The molecule has 0 aliphatic carbocycles. The minimum absolute atomic E-state index is 0.233. The van der Waals surface area contributed by atoms with E-state index in [0.717, 1.165) is 22.3 Å². The van der Waals surface area contributed by atoms with Gasteiger partial charge in [0.15, 0.2) is 0 Å². The van der Waals surface area contributed by atoms with Gasteiger partial charge in [0.25, 0.3) is 0 Å². The summed E-state index contributed by atoms with van der Waals surface area (Å²) in [6.07, 6.45) is 2.82. The molecule has 4 nitrogen and oxygen atoms in total. The summed E-state index contributed by atoms with van der Waals surface area (Å²) < 4.78 is 8.04. The predicted molar refractivity (Wildman–Crippen MR) is 79.4 cm³/mol. The van der Waals surface area contributed by atoms with Gasteiger partial charge in [0.05, 0.1) is 17.3 Å². The van der Waals surface area contributed by atoms with Crippen LogP contribution in [0.5, 0.6) is 5.75 Å². The van der Waals surface area contributed by atoms with Gasteiger partial charge >= 0.3 is 0 Å². The van der Waals surface area contributed by atoms with E-state index < -0.39 is 0 Å². The molecule has 0 aliphatic heterocycles. The number of rotatable bonds is 5. The number of nitrogens with one attached hydrogen (secondary N) is 1. The van der Waals surface area contributed by atoms with Gasteiger partial charge in [-0.05, 0) is 46.7 Å². The number of aromatic nitrogens is 2. The highest BCUT2D eigenvalue weighted by atomic mass is 79.9. The molecule has 0 radical (unpaired) electrons. The van der Waals surface area contributed by atoms with Crippen LogP contribution < -0.4 is 10.1 Å². The molecule has 0 saturated carbocycles. The maximum Gasteiger partial charge on any atom is 0.133 e. The van der Waals surface area contributed by atoms with Crippen molar-refractivity contribution in [3.05, 3.63) is 46.2 Å². The molecule has 5 heteroatoms. The molecule has 1 aromatic heterocycles. The van der Waals surface area contributed by atoms with Crippen LogP contribution in [-0.4, -0.2) is 23.9 Å². The molecule has 1 heterocycles. The zero-order valence-corrected chi connectivity index (χ0v) is 12.9. The average Bonchev–Trinajstić information content (AvgIpc) is 2.81. The van der Waals surface area contributed by atoms with Crippen LogP contribution in [0.2, 0.25) is 0 Å². The fourth-order valence-electron chi connectivity index (χ4n) is 2.07. The summed E-state index contributed by atoms with van der Waals surface area (Å²) in [6.45, 7) is 0. The first-order valence-corrected chi connectivity index (χ1v) is 6.92. The van der Waals surface area contributed by atoms with Crippen LogP contribution in [-0.2, 0) is 13.5 Å². The number of halogens is 1. The van der Waals surface area contributed by atoms with Crippen LogP contribution >= 0.6 is 15.9 Å². The van der Waals surface area contributed by atoms with E-state index >= 15 is 0 Å². The van der Waals surface area contributed by atoms with Crippen molar-refractivity contribution in [2.75, 3.05) is 14.2 Å². The van der Waals surface area contributed by atoms with Crippen LogP contribution in [0, 0.1) is 0 Å². The Labute approximate surface area is 121 Å². The standard InChI is InChI=1S/C14H18BrN3O/c1-16-13(9-11-6-7-18(2)17-11)10-4-5-14(19-3)12(15)8-10/h4-8,13,16H,9H2,1-3H3. The third kappa shape index (κ3) is 3.36. The monoisotopic (exact) mass is 323 g/mol. The molecule has 0 saturated heterocycles. The van der Waals surface area contributed by atoms with Crippen LogP contribution in [0.25, 0.3) is 0 Å². The second-order valence-electron chi connectivity index (χ2n) is 4.42. The van der Waals surface area contributed by atoms with Gasteiger partial charge in [-0.3, -0.25) is 4.68 Å². The highest BCUT2D eigenvalue weighted by molar-refractivity contribution is 9.10. The van der Waals surface area contributed by atoms with E-state index in [4.69, 9.17) is 4.74 Å². The Morgan fingerprint density at radius 1 is 1.42 bits per heavy atom. The van der Waals surface area contributed by atoms with E-state index in [2.05, 4.69) is 38.5 Å². The van der Waals surface area contributed by atoms with Crippen LogP contribution in [0.1, 0.15) is 17.3 Å². The SMILES string of the molecule is CNC(Cc1ccn(C)n1)c1ccc(OC)c(Br)c1. The third-order valence-electron chi connectivity index (χ3n) is 3.11. The second-order valence-corrected chi connectivity index (χ2v) is 5.27. The van der Waals surface area contributed by atoms with Crippen molar-refractivity contribution in [2.24, 2.45) is 7.05 Å². The fraction of sp³-hybridized carbons (Fsp3) is 0.357. The van der Waals surface area contributed by atoms with Gasteiger partial charge in [-0.1, -0.05) is 6.07 Å². The van der Waals surface area contributed by atoms with Gasteiger partial charge in [-0.25, -0.2) is 0 Å². The Morgan fingerprint density at radius 2 is 2.21 bits per heavy atom. The Bertz CT molecular complexity index is 553. The number of aryl methyl sites for hydroxylation is 1.